The van der Waals surface area contributed by atoms with Crippen LogP contribution < -0.4 is 10.6 Å². The molecule has 6 nitrogen and oxygen atoms in total. The lowest BCUT2D eigenvalue weighted by atomic mass is 10.3. The molecule has 0 aliphatic rings. The molecule has 1 aromatic heterocycles. The van der Waals surface area contributed by atoms with Gasteiger partial charge in [-0.05, 0) is 19.1 Å². The molecule has 16 heavy (non-hydrogen) atoms. The number of aromatic nitrogens is 2. The first kappa shape index (κ1) is 12.4. The van der Waals surface area contributed by atoms with Crippen LogP contribution in [0, 0.1) is 0 Å². The van der Waals surface area contributed by atoms with E-state index >= 15 is 0 Å². The number of nitrogens with one attached hydrogen (secondary N) is 2. The monoisotopic (exact) mass is 224 g/mol. The highest BCUT2D eigenvalue weighted by atomic mass is 16.5. The Labute approximate surface area is 94.4 Å². The number of carbonyl (C=O) groups excluding carboxylic acids is 1. The van der Waals surface area contributed by atoms with Gasteiger partial charge >= 0.3 is 0 Å². The summed E-state index contributed by atoms with van der Waals surface area (Å²) in [7, 11) is 1.59. The van der Waals surface area contributed by atoms with Crippen LogP contribution in [0.2, 0.25) is 0 Å². The summed E-state index contributed by atoms with van der Waals surface area (Å²) in [6, 6.07) is 3.16. The Morgan fingerprint density at radius 2 is 2.44 bits per heavy atom. The molecule has 0 saturated heterocycles. The Kier molecular flexibility index (Phi) is 5.21. The summed E-state index contributed by atoms with van der Waals surface area (Å²) in [5.74, 6) is 0.486. The van der Waals surface area contributed by atoms with Crippen LogP contribution in [0.15, 0.2) is 18.3 Å². The average molecular weight is 224 g/mol. The fraction of sp³-hybridized carbons (Fsp3) is 0.500. The van der Waals surface area contributed by atoms with E-state index in [1.54, 1.807) is 32.4 Å². The zero-order valence-corrected chi connectivity index (χ0v) is 9.43. The SMILES string of the molecule is COCCNC(=O)C(C)Nc1cccnn1. The molecule has 0 aliphatic carbocycles. The summed E-state index contributed by atoms with van der Waals surface area (Å²) in [4.78, 5) is 11.5. The maximum absolute atomic E-state index is 11.5. The topological polar surface area (TPSA) is 76.1 Å². The zero-order chi connectivity index (χ0) is 11.8. The maximum atomic E-state index is 11.5. The highest BCUT2D eigenvalue weighted by Crippen LogP contribution is 2.00. The lowest BCUT2D eigenvalue weighted by molar-refractivity contribution is -0.121. The molecule has 6 heteroatoms. The van der Waals surface area contributed by atoms with Crippen molar-refractivity contribution >= 4 is 11.7 Å². The second-order valence-corrected chi connectivity index (χ2v) is 3.26. The van der Waals surface area contributed by atoms with Gasteiger partial charge in [0.15, 0.2) is 0 Å². The highest BCUT2D eigenvalue weighted by Gasteiger charge is 2.11. The van der Waals surface area contributed by atoms with Crippen LogP contribution in [-0.4, -0.2) is 42.4 Å². The van der Waals surface area contributed by atoms with Crippen molar-refractivity contribution in [2.24, 2.45) is 0 Å². The van der Waals surface area contributed by atoms with Gasteiger partial charge in [0.2, 0.25) is 5.91 Å². The van der Waals surface area contributed by atoms with Crippen LogP contribution in [0.5, 0.6) is 0 Å². The Balaban J connectivity index is 2.34. The number of nitrogens with zero attached hydrogens (tertiary/aromatic N) is 2. The van der Waals surface area contributed by atoms with Gasteiger partial charge in [0.05, 0.1) is 6.61 Å². The van der Waals surface area contributed by atoms with Crippen molar-refractivity contribution in [1.29, 1.82) is 0 Å². The van der Waals surface area contributed by atoms with Crippen molar-refractivity contribution in [2.75, 3.05) is 25.6 Å². The van der Waals surface area contributed by atoms with Crippen molar-refractivity contribution in [3.05, 3.63) is 18.3 Å². The first-order valence-electron chi connectivity index (χ1n) is 5.05. The number of ether oxygens (including phenoxy) is 1. The smallest absolute Gasteiger partial charge is 0.242 e. The Morgan fingerprint density at radius 3 is 3.06 bits per heavy atom. The van der Waals surface area contributed by atoms with Gasteiger partial charge in [-0.15, -0.1) is 5.10 Å². The minimum atomic E-state index is -0.353. The average Bonchev–Trinajstić information content (AvgIpc) is 2.30. The van der Waals surface area contributed by atoms with Gasteiger partial charge in [-0.3, -0.25) is 4.79 Å². The van der Waals surface area contributed by atoms with Crippen molar-refractivity contribution in [1.82, 2.24) is 15.5 Å². The van der Waals surface area contributed by atoms with E-state index in [-0.39, 0.29) is 11.9 Å². The maximum Gasteiger partial charge on any atom is 0.242 e. The summed E-state index contributed by atoms with van der Waals surface area (Å²) >= 11 is 0. The largest absolute Gasteiger partial charge is 0.383 e. The predicted octanol–water partition coefficient (Wildman–Crippen LogP) is 0.0396. The first-order valence-corrected chi connectivity index (χ1v) is 5.05. The number of methoxy groups -OCH3 is 1. The number of hydrogen-bond donors (Lipinski definition) is 2. The Hall–Kier alpha value is -1.69. The number of anilines is 1. The van der Waals surface area contributed by atoms with Gasteiger partial charge < -0.3 is 15.4 Å². The second-order valence-electron chi connectivity index (χ2n) is 3.26. The third-order valence-corrected chi connectivity index (χ3v) is 1.94. The van der Waals surface area contributed by atoms with Crippen LogP contribution in [-0.2, 0) is 9.53 Å². The fourth-order valence-corrected chi connectivity index (χ4v) is 1.10. The van der Waals surface area contributed by atoms with E-state index in [0.29, 0.717) is 19.0 Å². The van der Waals surface area contributed by atoms with E-state index in [0.717, 1.165) is 0 Å². The summed E-state index contributed by atoms with van der Waals surface area (Å²) in [6.45, 7) is 2.77. The molecular weight excluding hydrogens is 208 g/mol. The van der Waals surface area contributed by atoms with Crippen LogP contribution in [0.3, 0.4) is 0 Å². The normalized spacial score (nSPS) is 11.9. The third-order valence-electron chi connectivity index (χ3n) is 1.94. The van der Waals surface area contributed by atoms with E-state index in [4.69, 9.17) is 4.74 Å². The molecule has 0 aromatic carbocycles. The van der Waals surface area contributed by atoms with Gasteiger partial charge in [0.1, 0.15) is 11.9 Å². The van der Waals surface area contributed by atoms with E-state index in [9.17, 15) is 4.79 Å². The number of hydrogen-bond acceptors (Lipinski definition) is 5. The number of amides is 1. The molecular formula is C10H16N4O2. The molecule has 0 aliphatic heterocycles. The van der Waals surface area contributed by atoms with Crippen LogP contribution in [0.1, 0.15) is 6.92 Å². The summed E-state index contributed by atoms with van der Waals surface area (Å²) < 4.78 is 4.83. The van der Waals surface area contributed by atoms with Gasteiger partial charge in [0, 0.05) is 19.9 Å². The molecule has 1 amide bonds. The molecule has 0 spiro atoms. The van der Waals surface area contributed by atoms with Gasteiger partial charge in [-0.1, -0.05) is 0 Å². The summed E-state index contributed by atoms with van der Waals surface area (Å²) in [5, 5.41) is 13.2. The standard InChI is InChI=1S/C10H16N4O2/c1-8(10(15)11-6-7-16-2)13-9-4-3-5-12-14-9/h3-5,8H,6-7H2,1-2H3,(H,11,15)(H,13,14). The first-order chi connectivity index (χ1) is 7.74. The number of carbonyl (C=O) groups is 1. The predicted molar refractivity (Wildman–Crippen MR) is 60.0 cm³/mol. The minimum Gasteiger partial charge on any atom is -0.383 e. The lowest BCUT2D eigenvalue weighted by Crippen LogP contribution is -2.39. The Bertz CT molecular complexity index is 318. The number of rotatable bonds is 6. The summed E-state index contributed by atoms with van der Waals surface area (Å²) in [6.07, 6.45) is 1.58. The molecule has 1 rings (SSSR count). The molecule has 1 unspecified atom stereocenters. The third kappa shape index (κ3) is 4.22. The van der Waals surface area contributed by atoms with E-state index < -0.39 is 0 Å². The van der Waals surface area contributed by atoms with E-state index in [1.165, 1.54) is 0 Å². The molecule has 1 atom stereocenters. The zero-order valence-electron chi connectivity index (χ0n) is 9.43. The molecule has 2 N–H and O–H groups in total. The molecule has 0 bridgehead atoms. The van der Waals surface area contributed by atoms with Gasteiger partial charge in [-0.2, -0.15) is 5.10 Å². The van der Waals surface area contributed by atoms with Gasteiger partial charge in [0.25, 0.3) is 0 Å². The molecule has 1 aromatic rings. The second kappa shape index (κ2) is 6.73. The quantitative estimate of drug-likeness (QED) is 0.667. The fourth-order valence-electron chi connectivity index (χ4n) is 1.10. The Morgan fingerprint density at radius 1 is 1.62 bits per heavy atom. The van der Waals surface area contributed by atoms with Gasteiger partial charge in [-0.25, -0.2) is 0 Å². The molecule has 1 heterocycles. The van der Waals surface area contributed by atoms with Crippen molar-refractivity contribution in [2.45, 2.75) is 13.0 Å². The van der Waals surface area contributed by atoms with E-state index in [2.05, 4.69) is 20.8 Å². The van der Waals surface area contributed by atoms with Crippen LogP contribution in [0.4, 0.5) is 5.82 Å². The summed E-state index contributed by atoms with van der Waals surface area (Å²) in [5.41, 5.74) is 0. The lowest BCUT2D eigenvalue weighted by Gasteiger charge is -2.13. The minimum absolute atomic E-state index is 0.0947. The molecule has 0 saturated carbocycles. The van der Waals surface area contributed by atoms with Crippen LogP contribution in [0.25, 0.3) is 0 Å². The highest BCUT2D eigenvalue weighted by molar-refractivity contribution is 5.83. The molecule has 0 fully saturated rings. The van der Waals surface area contributed by atoms with Crippen LogP contribution >= 0.6 is 0 Å². The van der Waals surface area contributed by atoms with Crippen molar-refractivity contribution in [3.8, 4) is 0 Å². The van der Waals surface area contributed by atoms with Crippen molar-refractivity contribution < 1.29 is 9.53 Å². The molecule has 88 valence electrons. The van der Waals surface area contributed by atoms with Crippen molar-refractivity contribution in [3.63, 3.8) is 0 Å². The molecule has 0 radical (unpaired) electrons. The van der Waals surface area contributed by atoms with E-state index in [1.807, 2.05) is 0 Å².